The van der Waals surface area contributed by atoms with Gasteiger partial charge < -0.3 is 10.2 Å². The van der Waals surface area contributed by atoms with Crippen LogP contribution < -0.4 is 0 Å². The molecule has 0 aliphatic heterocycles. The number of rotatable bonds is 2. The minimum Gasteiger partial charge on any atom is -0.507 e. The summed E-state index contributed by atoms with van der Waals surface area (Å²) in [5, 5.41) is 18.3. The number of hydrogen-bond donors (Lipinski definition) is 2. The monoisotopic (exact) mass is 300 g/mol. The van der Waals surface area contributed by atoms with E-state index in [9.17, 15) is 27.5 Å². The van der Waals surface area contributed by atoms with Crippen molar-refractivity contribution in [1.82, 2.24) is 0 Å². The van der Waals surface area contributed by atoms with E-state index in [2.05, 4.69) is 0 Å². The smallest absolute Gasteiger partial charge is 0.419 e. The van der Waals surface area contributed by atoms with Crippen molar-refractivity contribution in [2.45, 2.75) is 6.18 Å². The second-order valence-electron chi connectivity index (χ2n) is 4.20. The second-order valence-corrected chi connectivity index (χ2v) is 4.20. The highest BCUT2D eigenvalue weighted by molar-refractivity contribution is 5.91. The third-order valence-electron chi connectivity index (χ3n) is 2.84. The third-order valence-corrected chi connectivity index (χ3v) is 2.84. The number of carbonyl (C=O) groups is 1. The zero-order chi connectivity index (χ0) is 15.8. The lowest BCUT2D eigenvalue weighted by atomic mass is 10.00. The first-order valence-electron chi connectivity index (χ1n) is 5.64. The van der Waals surface area contributed by atoms with Crippen LogP contribution in [-0.4, -0.2) is 16.2 Å². The van der Waals surface area contributed by atoms with Gasteiger partial charge >= 0.3 is 12.1 Å². The largest absolute Gasteiger partial charge is 0.507 e. The van der Waals surface area contributed by atoms with Crippen LogP contribution in [0, 0.1) is 5.82 Å². The van der Waals surface area contributed by atoms with Crippen LogP contribution in [0.25, 0.3) is 11.1 Å². The molecule has 0 heterocycles. The molecule has 0 amide bonds. The molecule has 2 aromatic carbocycles. The minimum atomic E-state index is -4.84. The molecule has 3 nitrogen and oxygen atoms in total. The molecule has 7 heteroatoms. The summed E-state index contributed by atoms with van der Waals surface area (Å²) in [7, 11) is 0. The summed E-state index contributed by atoms with van der Waals surface area (Å²) in [5.74, 6) is -3.53. The van der Waals surface area contributed by atoms with Crippen LogP contribution >= 0.6 is 0 Å². The zero-order valence-corrected chi connectivity index (χ0v) is 10.3. The van der Waals surface area contributed by atoms with Crippen LogP contribution in [0.15, 0.2) is 36.4 Å². The summed E-state index contributed by atoms with van der Waals surface area (Å²) in [6.45, 7) is 0. The van der Waals surface area contributed by atoms with Crippen molar-refractivity contribution in [3.63, 3.8) is 0 Å². The maximum absolute atomic E-state index is 13.9. The first-order chi connectivity index (χ1) is 9.71. The van der Waals surface area contributed by atoms with Crippen molar-refractivity contribution in [2.75, 3.05) is 0 Å². The Bertz CT molecular complexity index is 708. The molecule has 2 aromatic rings. The van der Waals surface area contributed by atoms with Crippen molar-refractivity contribution in [3.05, 3.63) is 53.3 Å². The molecule has 0 radical (unpaired) electrons. The van der Waals surface area contributed by atoms with Gasteiger partial charge in [-0.3, -0.25) is 0 Å². The first kappa shape index (κ1) is 14.8. The highest BCUT2D eigenvalue weighted by Gasteiger charge is 2.35. The highest BCUT2D eigenvalue weighted by atomic mass is 19.4. The summed E-state index contributed by atoms with van der Waals surface area (Å²) in [6.07, 6.45) is -4.84. The number of alkyl halides is 3. The number of aromatic carboxylic acids is 1. The molecular weight excluding hydrogens is 292 g/mol. The summed E-state index contributed by atoms with van der Waals surface area (Å²) in [5.41, 5.74) is -2.29. The van der Waals surface area contributed by atoms with Crippen molar-refractivity contribution < 1.29 is 32.6 Å². The number of carboxylic acid groups (broad SMARTS) is 1. The minimum absolute atomic E-state index is 0.0545. The molecule has 110 valence electrons. The molecule has 21 heavy (non-hydrogen) atoms. The molecule has 0 aliphatic rings. The van der Waals surface area contributed by atoms with Gasteiger partial charge in [-0.05, 0) is 23.8 Å². The molecule has 0 saturated heterocycles. The van der Waals surface area contributed by atoms with Crippen LogP contribution in [0.2, 0.25) is 0 Å². The van der Waals surface area contributed by atoms with Crippen LogP contribution in [0.1, 0.15) is 15.9 Å². The van der Waals surface area contributed by atoms with Gasteiger partial charge in [0.1, 0.15) is 17.1 Å². The van der Waals surface area contributed by atoms with Crippen LogP contribution in [0.3, 0.4) is 0 Å². The van der Waals surface area contributed by atoms with Gasteiger partial charge in [0, 0.05) is 5.56 Å². The third kappa shape index (κ3) is 2.81. The Morgan fingerprint density at radius 2 is 1.76 bits per heavy atom. The van der Waals surface area contributed by atoms with Crippen molar-refractivity contribution in [3.8, 4) is 16.9 Å². The van der Waals surface area contributed by atoms with E-state index >= 15 is 0 Å². The lowest BCUT2D eigenvalue weighted by molar-refractivity contribution is -0.139. The van der Waals surface area contributed by atoms with Gasteiger partial charge in [0.25, 0.3) is 0 Å². The van der Waals surface area contributed by atoms with E-state index in [4.69, 9.17) is 5.11 Å². The molecule has 0 unspecified atom stereocenters. The van der Waals surface area contributed by atoms with E-state index in [1.807, 2.05) is 0 Å². The Hall–Kier alpha value is -2.57. The van der Waals surface area contributed by atoms with Crippen molar-refractivity contribution >= 4 is 5.97 Å². The van der Waals surface area contributed by atoms with Gasteiger partial charge in [-0.1, -0.05) is 18.2 Å². The summed E-state index contributed by atoms with van der Waals surface area (Å²) in [6, 6.07) is 5.77. The Labute approximate surface area is 116 Å². The Morgan fingerprint density at radius 1 is 1.10 bits per heavy atom. The van der Waals surface area contributed by atoms with E-state index in [1.54, 1.807) is 0 Å². The predicted octanol–water partition coefficient (Wildman–Crippen LogP) is 3.92. The molecule has 0 aromatic heterocycles. The van der Waals surface area contributed by atoms with Gasteiger partial charge in [0.05, 0.1) is 5.56 Å². The molecule has 0 saturated carbocycles. The van der Waals surface area contributed by atoms with E-state index < -0.39 is 34.8 Å². The van der Waals surface area contributed by atoms with Gasteiger partial charge in [-0.2, -0.15) is 13.2 Å². The quantitative estimate of drug-likeness (QED) is 0.827. The second kappa shape index (κ2) is 5.08. The number of halogens is 4. The lowest BCUT2D eigenvalue weighted by Gasteiger charge is -2.12. The Kier molecular flexibility index (Phi) is 3.59. The van der Waals surface area contributed by atoms with E-state index in [-0.39, 0.29) is 11.1 Å². The Balaban J connectivity index is 2.58. The Morgan fingerprint density at radius 3 is 2.29 bits per heavy atom. The fourth-order valence-corrected chi connectivity index (χ4v) is 1.85. The maximum Gasteiger partial charge on any atom is 0.419 e. The van der Waals surface area contributed by atoms with Crippen molar-refractivity contribution in [2.24, 2.45) is 0 Å². The van der Waals surface area contributed by atoms with Crippen LogP contribution in [0.4, 0.5) is 17.6 Å². The SMILES string of the molecule is O=C(O)c1ccc(-c2cccc(C(F)(F)F)c2F)cc1O. The van der Waals surface area contributed by atoms with Gasteiger partial charge in [-0.15, -0.1) is 0 Å². The molecule has 0 fully saturated rings. The van der Waals surface area contributed by atoms with Crippen molar-refractivity contribution in [1.29, 1.82) is 0 Å². The molecule has 0 aliphatic carbocycles. The number of aromatic hydroxyl groups is 1. The van der Waals surface area contributed by atoms with Gasteiger partial charge in [0.15, 0.2) is 0 Å². The van der Waals surface area contributed by atoms with E-state index in [1.165, 1.54) is 0 Å². The summed E-state index contributed by atoms with van der Waals surface area (Å²) < 4.78 is 51.8. The molecule has 2 rings (SSSR count). The standard InChI is InChI=1S/C14H8F4O3/c15-12-8(2-1-3-10(12)14(16,17)18)7-4-5-9(13(20)21)11(19)6-7/h1-6,19H,(H,20,21). The van der Waals surface area contributed by atoms with Crippen LogP contribution in [0.5, 0.6) is 5.75 Å². The average molecular weight is 300 g/mol. The number of hydrogen-bond acceptors (Lipinski definition) is 2. The maximum atomic E-state index is 13.9. The van der Waals surface area contributed by atoms with Gasteiger partial charge in [0.2, 0.25) is 0 Å². The molecule has 0 spiro atoms. The first-order valence-corrected chi connectivity index (χ1v) is 5.64. The average Bonchev–Trinajstić information content (AvgIpc) is 2.37. The number of benzene rings is 2. The summed E-state index contributed by atoms with van der Waals surface area (Å²) >= 11 is 0. The van der Waals surface area contributed by atoms with E-state index in [0.29, 0.717) is 6.07 Å². The topological polar surface area (TPSA) is 57.5 Å². The fraction of sp³-hybridized carbons (Fsp3) is 0.0714. The number of phenols is 1. The number of carboxylic acids is 1. The lowest BCUT2D eigenvalue weighted by Crippen LogP contribution is -2.08. The zero-order valence-electron chi connectivity index (χ0n) is 10.3. The fourth-order valence-electron chi connectivity index (χ4n) is 1.85. The highest BCUT2D eigenvalue weighted by Crippen LogP contribution is 2.36. The molecule has 0 bridgehead atoms. The van der Waals surface area contributed by atoms with Gasteiger partial charge in [-0.25, -0.2) is 9.18 Å². The molecular formula is C14H8F4O3. The molecule has 2 N–H and O–H groups in total. The van der Waals surface area contributed by atoms with E-state index in [0.717, 1.165) is 30.3 Å². The summed E-state index contributed by atoms with van der Waals surface area (Å²) in [4.78, 5) is 10.7. The normalized spacial score (nSPS) is 11.4. The van der Waals surface area contributed by atoms with Crippen LogP contribution in [-0.2, 0) is 6.18 Å². The predicted molar refractivity (Wildman–Crippen MR) is 65.5 cm³/mol. The molecule has 0 atom stereocenters.